The van der Waals surface area contributed by atoms with Gasteiger partial charge in [-0.2, -0.15) is 0 Å². The summed E-state index contributed by atoms with van der Waals surface area (Å²) in [6, 6.07) is 4.28. The first-order chi connectivity index (χ1) is 10.1. The Morgan fingerprint density at radius 2 is 2.24 bits per heavy atom. The van der Waals surface area contributed by atoms with Crippen LogP contribution in [0.1, 0.15) is 25.7 Å². The number of benzene rings is 1. The van der Waals surface area contributed by atoms with E-state index in [9.17, 15) is 9.59 Å². The van der Waals surface area contributed by atoms with E-state index in [1.54, 1.807) is 18.2 Å². The molecule has 0 aliphatic carbocycles. The van der Waals surface area contributed by atoms with Crippen molar-refractivity contribution in [3.8, 4) is 0 Å². The van der Waals surface area contributed by atoms with Crippen molar-refractivity contribution in [2.75, 3.05) is 5.73 Å². The Morgan fingerprint density at radius 3 is 3.00 bits per heavy atom. The highest BCUT2D eigenvalue weighted by molar-refractivity contribution is 6.04. The second kappa shape index (κ2) is 5.08. The molecule has 1 atom stereocenters. The maximum absolute atomic E-state index is 12.1. The second-order valence-corrected chi connectivity index (χ2v) is 5.05. The zero-order valence-electron chi connectivity index (χ0n) is 11.6. The molecule has 1 fully saturated rings. The maximum atomic E-state index is 12.1. The molecular weight excluding hydrogens is 272 g/mol. The lowest BCUT2D eigenvalue weighted by molar-refractivity contribution is -0.128. The number of carbonyl (C=O) groups is 2. The Kier molecular flexibility index (Phi) is 3.25. The number of urea groups is 1. The van der Waals surface area contributed by atoms with Gasteiger partial charge in [-0.1, -0.05) is 13.3 Å². The van der Waals surface area contributed by atoms with Crippen LogP contribution < -0.4 is 11.1 Å². The molecule has 1 aromatic carbocycles. The number of aromatic nitrogens is 1. The Morgan fingerprint density at radius 1 is 1.43 bits per heavy atom. The lowest BCUT2D eigenvalue weighted by Crippen LogP contribution is -2.31. The third-order valence-electron chi connectivity index (χ3n) is 3.43. The van der Waals surface area contributed by atoms with Crippen LogP contribution in [0.3, 0.4) is 0 Å². The zero-order chi connectivity index (χ0) is 15.0. The van der Waals surface area contributed by atoms with Crippen molar-refractivity contribution in [3.63, 3.8) is 0 Å². The van der Waals surface area contributed by atoms with Crippen LogP contribution in [0.4, 0.5) is 10.5 Å². The number of oxazole rings is 1. The number of amides is 3. The van der Waals surface area contributed by atoms with Crippen LogP contribution in [0.15, 0.2) is 22.6 Å². The van der Waals surface area contributed by atoms with E-state index in [2.05, 4.69) is 10.3 Å². The highest BCUT2D eigenvalue weighted by atomic mass is 16.3. The van der Waals surface area contributed by atoms with E-state index in [1.165, 1.54) is 0 Å². The van der Waals surface area contributed by atoms with E-state index in [0.29, 0.717) is 29.1 Å². The van der Waals surface area contributed by atoms with Gasteiger partial charge in [0.05, 0.1) is 0 Å². The Hall–Kier alpha value is -2.57. The summed E-state index contributed by atoms with van der Waals surface area (Å²) in [5, 5.41) is 2.67. The number of hydrogen-bond donors (Lipinski definition) is 2. The van der Waals surface area contributed by atoms with Crippen molar-refractivity contribution in [1.29, 1.82) is 0 Å². The lowest BCUT2D eigenvalue weighted by Gasteiger charge is -2.09. The van der Waals surface area contributed by atoms with Gasteiger partial charge in [-0.3, -0.25) is 9.69 Å². The monoisotopic (exact) mass is 288 g/mol. The van der Waals surface area contributed by atoms with Crippen LogP contribution >= 0.6 is 0 Å². The number of carbonyl (C=O) groups excluding carboxylic acids is 2. The van der Waals surface area contributed by atoms with Gasteiger partial charge in [0.25, 0.3) is 5.91 Å². The van der Waals surface area contributed by atoms with Gasteiger partial charge in [0, 0.05) is 11.8 Å². The first kappa shape index (κ1) is 13.4. The molecule has 1 aromatic heterocycles. The number of nitrogens with two attached hydrogens (primary N) is 1. The van der Waals surface area contributed by atoms with Crippen molar-refractivity contribution in [1.82, 2.24) is 15.2 Å². The number of rotatable bonds is 4. The average molecular weight is 288 g/mol. The summed E-state index contributed by atoms with van der Waals surface area (Å²) < 4.78 is 5.54. The highest BCUT2D eigenvalue weighted by Gasteiger charge is 2.37. The van der Waals surface area contributed by atoms with Gasteiger partial charge in [-0.25, -0.2) is 9.78 Å². The van der Waals surface area contributed by atoms with Crippen LogP contribution in [0, 0.1) is 0 Å². The predicted molar refractivity (Wildman–Crippen MR) is 76.2 cm³/mol. The van der Waals surface area contributed by atoms with E-state index < -0.39 is 12.1 Å². The summed E-state index contributed by atoms with van der Waals surface area (Å²) in [7, 11) is 0. The first-order valence-electron chi connectivity index (χ1n) is 6.85. The fraction of sp³-hybridized carbons (Fsp3) is 0.357. The van der Waals surface area contributed by atoms with Crippen LogP contribution in [-0.2, 0) is 11.3 Å². The molecule has 1 saturated heterocycles. The van der Waals surface area contributed by atoms with Crippen molar-refractivity contribution >= 4 is 28.7 Å². The maximum Gasteiger partial charge on any atom is 0.325 e. The largest absolute Gasteiger partial charge is 0.439 e. The number of nitrogens with zero attached hydrogens (tertiary/aromatic N) is 2. The summed E-state index contributed by atoms with van der Waals surface area (Å²) in [5.74, 6) is 0.0832. The van der Waals surface area contributed by atoms with Crippen LogP contribution in [-0.4, -0.2) is 27.9 Å². The minimum Gasteiger partial charge on any atom is -0.439 e. The molecule has 2 heterocycles. The molecule has 21 heavy (non-hydrogen) atoms. The van der Waals surface area contributed by atoms with Gasteiger partial charge in [0.2, 0.25) is 5.89 Å². The molecule has 0 radical (unpaired) electrons. The summed E-state index contributed by atoms with van der Waals surface area (Å²) in [6.45, 7) is 1.99. The summed E-state index contributed by atoms with van der Waals surface area (Å²) in [6.07, 6.45) is 1.46. The lowest BCUT2D eigenvalue weighted by atomic mass is 10.2. The van der Waals surface area contributed by atoms with Crippen LogP contribution in [0.2, 0.25) is 0 Å². The van der Waals surface area contributed by atoms with Gasteiger partial charge in [0.1, 0.15) is 18.1 Å². The minimum atomic E-state index is -0.442. The van der Waals surface area contributed by atoms with E-state index in [1.807, 2.05) is 6.92 Å². The summed E-state index contributed by atoms with van der Waals surface area (Å²) in [4.78, 5) is 29.4. The fourth-order valence-electron chi connectivity index (χ4n) is 2.40. The van der Waals surface area contributed by atoms with Gasteiger partial charge >= 0.3 is 6.03 Å². The topological polar surface area (TPSA) is 101 Å². The number of fused-ring (bicyclic) bond motifs is 1. The zero-order valence-corrected chi connectivity index (χ0v) is 11.6. The van der Waals surface area contributed by atoms with Crippen molar-refractivity contribution < 1.29 is 14.0 Å². The third-order valence-corrected chi connectivity index (χ3v) is 3.43. The summed E-state index contributed by atoms with van der Waals surface area (Å²) >= 11 is 0. The molecule has 0 spiro atoms. The molecule has 1 unspecified atom stereocenters. The molecule has 1 aliphatic heterocycles. The van der Waals surface area contributed by atoms with E-state index >= 15 is 0 Å². The number of nitrogen functional groups attached to an aromatic ring is 1. The second-order valence-electron chi connectivity index (χ2n) is 5.05. The number of anilines is 1. The predicted octanol–water partition coefficient (Wildman–Crippen LogP) is 1.63. The quantitative estimate of drug-likeness (QED) is 0.657. The minimum absolute atomic E-state index is 0.0272. The first-order valence-corrected chi connectivity index (χ1v) is 6.85. The molecule has 3 rings (SSSR count). The Balaban J connectivity index is 1.81. The van der Waals surface area contributed by atoms with Crippen molar-refractivity contribution in [2.24, 2.45) is 0 Å². The molecular formula is C14H16N4O3. The molecule has 3 amide bonds. The SMILES string of the molecule is CCCC1NC(=O)N(Cc2nc3ccc(N)cc3o2)C1=O. The third kappa shape index (κ3) is 2.42. The van der Waals surface area contributed by atoms with Gasteiger partial charge in [-0.15, -0.1) is 0 Å². The van der Waals surface area contributed by atoms with E-state index in [4.69, 9.17) is 10.2 Å². The standard InChI is InChI=1S/C14H16N4O3/c1-2-3-10-13(19)18(14(20)17-10)7-12-16-9-5-4-8(15)6-11(9)21-12/h4-6,10H,2-3,7,15H2,1H3,(H,17,20). The smallest absolute Gasteiger partial charge is 0.325 e. The van der Waals surface area contributed by atoms with Crippen molar-refractivity contribution in [2.45, 2.75) is 32.4 Å². The highest BCUT2D eigenvalue weighted by Crippen LogP contribution is 2.21. The van der Waals surface area contributed by atoms with Crippen molar-refractivity contribution in [3.05, 3.63) is 24.1 Å². The molecule has 7 heteroatoms. The average Bonchev–Trinajstić information content (AvgIpc) is 2.95. The Labute approximate surface area is 121 Å². The molecule has 2 aromatic rings. The number of imide groups is 1. The summed E-state index contributed by atoms with van der Waals surface area (Å²) in [5.41, 5.74) is 7.44. The van der Waals surface area contributed by atoms with Gasteiger partial charge in [-0.05, 0) is 18.6 Å². The number of hydrogen-bond acceptors (Lipinski definition) is 5. The molecule has 7 nitrogen and oxygen atoms in total. The van der Waals surface area contributed by atoms with Crippen LogP contribution in [0.25, 0.3) is 11.1 Å². The Bertz CT molecular complexity index is 709. The fourth-order valence-corrected chi connectivity index (χ4v) is 2.40. The van der Waals surface area contributed by atoms with E-state index in [-0.39, 0.29) is 12.5 Å². The molecule has 3 N–H and O–H groups in total. The van der Waals surface area contributed by atoms with E-state index in [0.717, 1.165) is 11.3 Å². The molecule has 1 aliphatic rings. The van der Waals surface area contributed by atoms with Crippen LogP contribution in [0.5, 0.6) is 0 Å². The van der Waals surface area contributed by atoms with Gasteiger partial charge < -0.3 is 15.5 Å². The number of nitrogens with one attached hydrogen (secondary N) is 1. The van der Waals surface area contributed by atoms with Gasteiger partial charge in [0.15, 0.2) is 5.58 Å². The normalized spacial score (nSPS) is 18.5. The molecule has 110 valence electrons. The molecule has 0 saturated carbocycles. The molecule has 0 bridgehead atoms.